The fourth-order valence-corrected chi connectivity index (χ4v) is 2.38. The van der Waals surface area contributed by atoms with Gasteiger partial charge in [-0.15, -0.1) is 0 Å². The summed E-state index contributed by atoms with van der Waals surface area (Å²) in [7, 11) is 0. The number of hydrogen-bond donors (Lipinski definition) is 0. The molecule has 0 atom stereocenters. The third-order valence-electron chi connectivity index (χ3n) is 2.71. The fourth-order valence-electron chi connectivity index (χ4n) is 1.73. The van der Waals surface area contributed by atoms with Gasteiger partial charge in [0.25, 0.3) is 0 Å². The van der Waals surface area contributed by atoms with Crippen LogP contribution in [0.1, 0.15) is 32.4 Å². The summed E-state index contributed by atoms with van der Waals surface area (Å²) in [4.78, 5) is 12.7. The predicted molar refractivity (Wildman–Crippen MR) is 73.0 cm³/mol. The SMILES string of the molecule is CCc1c(Cl)nc(-c2cncn2C(C)C)nc1Cl. The predicted octanol–water partition coefficient (Wildman–Crippen LogP) is 3.79. The average molecular weight is 285 g/mol. The molecule has 0 unspecified atom stereocenters. The Morgan fingerprint density at radius 3 is 2.33 bits per heavy atom. The normalized spacial score (nSPS) is 11.2. The summed E-state index contributed by atoms with van der Waals surface area (Å²) in [6.07, 6.45) is 4.17. The van der Waals surface area contributed by atoms with Crippen LogP contribution in [0, 0.1) is 0 Å². The molecule has 0 fully saturated rings. The van der Waals surface area contributed by atoms with Gasteiger partial charge < -0.3 is 4.57 Å². The molecule has 0 bridgehead atoms. The zero-order valence-electron chi connectivity index (χ0n) is 10.5. The van der Waals surface area contributed by atoms with E-state index < -0.39 is 0 Å². The van der Waals surface area contributed by atoms with Crippen LogP contribution in [0.5, 0.6) is 0 Å². The molecule has 6 heteroatoms. The van der Waals surface area contributed by atoms with Crippen molar-refractivity contribution in [2.45, 2.75) is 33.2 Å². The van der Waals surface area contributed by atoms with E-state index in [1.54, 1.807) is 12.5 Å². The molecule has 96 valence electrons. The van der Waals surface area contributed by atoms with Gasteiger partial charge >= 0.3 is 0 Å². The van der Waals surface area contributed by atoms with Gasteiger partial charge in [-0.05, 0) is 20.3 Å². The average Bonchev–Trinajstić information content (AvgIpc) is 2.77. The van der Waals surface area contributed by atoms with Crippen molar-refractivity contribution in [2.24, 2.45) is 0 Å². The van der Waals surface area contributed by atoms with Crippen LogP contribution >= 0.6 is 23.2 Å². The molecule has 0 aliphatic carbocycles. The van der Waals surface area contributed by atoms with Crippen molar-refractivity contribution < 1.29 is 0 Å². The van der Waals surface area contributed by atoms with E-state index in [1.165, 1.54) is 0 Å². The summed E-state index contributed by atoms with van der Waals surface area (Å²) < 4.78 is 1.98. The Labute approximate surface area is 116 Å². The Bertz CT molecular complexity index is 540. The number of aromatic nitrogens is 4. The Hall–Kier alpha value is -1.13. The van der Waals surface area contributed by atoms with Gasteiger partial charge in [0.2, 0.25) is 0 Å². The van der Waals surface area contributed by atoms with E-state index in [0.717, 1.165) is 11.3 Å². The minimum absolute atomic E-state index is 0.273. The minimum atomic E-state index is 0.273. The number of halogens is 2. The number of imidazole rings is 1. The zero-order chi connectivity index (χ0) is 13.3. The van der Waals surface area contributed by atoms with E-state index in [4.69, 9.17) is 23.2 Å². The van der Waals surface area contributed by atoms with Crippen molar-refractivity contribution in [3.05, 3.63) is 28.4 Å². The van der Waals surface area contributed by atoms with E-state index in [-0.39, 0.29) is 6.04 Å². The first-order valence-electron chi connectivity index (χ1n) is 5.78. The van der Waals surface area contributed by atoms with Gasteiger partial charge in [0, 0.05) is 11.6 Å². The second kappa shape index (κ2) is 5.24. The maximum absolute atomic E-state index is 6.12. The largest absolute Gasteiger partial charge is 0.325 e. The Kier molecular flexibility index (Phi) is 3.88. The van der Waals surface area contributed by atoms with Gasteiger partial charge in [-0.3, -0.25) is 0 Å². The molecule has 0 aliphatic heterocycles. The molecule has 2 heterocycles. The third-order valence-corrected chi connectivity index (χ3v) is 3.34. The maximum Gasteiger partial charge on any atom is 0.180 e. The lowest BCUT2D eigenvalue weighted by Crippen LogP contribution is -2.04. The first-order chi connectivity index (χ1) is 8.54. The van der Waals surface area contributed by atoms with E-state index in [9.17, 15) is 0 Å². The first-order valence-corrected chi connectivity index (χ1v) is 6.54. The number of nitrogens with zero attached hydrogens (tertiary/aromatic N) is 4. The molecule has 0 aliphatic rings. The minimum Gasteiger partial charge on any atom is -0.325 e. The molecular formula is C12H14Cl2N4. The van der Waals surface area contributed by atoms with Gasteiger partial charge in [-0.2, -0.15) is 0 Å². The van der Waals surface area contributed by atoms with Crippen LogP contribution < -0.4 is 0 Å². The van der Waals surface area contributed by atoms with Crippen molar-refractivity contribution in [1.82, 2.24) is 19.5 Å². The Morgan fingerprint density at radius 2 is 1.83 bits per heavy atom. The molecule has 0 radical (unpaired) electrons. The van der Waals surface area contributed by atoms with E-state index in [2.05, 4.69) is 28.8 Å². The highest BCUT2D eigenvalue weighted by Gasteiger charge is 2.15. The van der Waals surface area contributed by atoms with Crippen molar-refractivity contribution >= 4 is 23.2 Å². The van der Waals surface area contributed by atoms with Crippen LogP contribution in [-0.2, 0) is 6.42 Å². The molecule has 0 aromatic carbocycles. The van der Waals surface area contributed by atoms with E-state index in [1.807, 2.05) is 11.5 Å². The second-order valence-electron chi connectivity index (χ2n) is 4.24. The van der Waals surface area contributed by atoms with Gasteiger partial charge in [-0.1, -0.05) is 30.1 Å². The number of hydrogen-bond acceptors (Lipinski definition) is 3. The van der Waals surface area contributed by atoms with Crippen molar-refractivity contribution in [3.8, 4) is 11.5 Å². The summed E-state index contributed by atoms with van der Waals surface area (Å²) in [6, 6.07) is 0.273. The summed E-state index contributed by atoms with van der Waals surface area (Å²) in [6.45, 7) is 6.10. The molecule has 0 saturated heterocycles. The summed E-state index contributed by atoms with van der Waals surface area (Å²) >= 11 is 12.2. The smallest absolute Gasteiger partial charge is 0.180 e. The highest BCUT2D eigenvalue weighted by atomic mass is 35.5. The fraction of sp³-hybridized carbons (Fsp3) is 0.417. The Morgan fingerprint density at radius 1 is 1.22 bits per heavy atom. The topological polar surface area (TPSA) is 43.6 Å². The van der Waals surface area contributed by atoms with Gasteiger partial charge in [0.1, 0.15) is 16.0 Å². The molecule has 0 saturated carbocycles. The van der Waals surface area contributed by atoms with Crippen molar-refractivity contribution in [1.29, 1.82) is 0 Å². The molecule has 2 rings (SSSR count). The second-order valence-corrected chi connectivity index (χ2v) is 4.96. The molecule has 18 heavy (non-hydrogen) atoms. The van der Waals surface area contributed by atoms with Crippen LogP contribution in [0.4, 0.5) is 0 Å². The molecule has 0 N–H and O–H groups in total. The summed E-state index contributed by atoms with van der Waals surface area (Å²) in [5, 5.41) is 0.813. The standard InChI is InChI=1S/C12H14Cl2N4/c1-4-8-10(13)16-12(17-11(8)14)9-5-15-6-18(9)7(2)3/h5-7H,4H2,1-3H3. The quantitative estimate of drug-likeness (QED) is 0.806. The molecule has 4 nitrogen and oxygen atoms in total. The van der Waals surface area contributed by atoms with Crippen LogP contribution in [0.25, 0.3) is 11.5 Å². The zero-order valence-corrected chi connectivity index (χ0v) is 12.0. The number of rotatable bonds is 3. The summed E-state index contributed by atoms with van der Waals surface area (Å²) in [5.74, 6) is 0.508. The molecule has 0 spiro atoms. The van der Waals surface area contributed by atoms with Crippen LogP contribution in [0.2, 0.25) is 10.3 Å². The molecule has 0 amide bonds. The molecule has 2 aromatic rings. The molecular weight excluding hydrogens is 271 g/mol. The Balaban J connectivity index is 2.55. The van der Waals surface area contributed by atoms with E-state index in [0.29, 0.717) is 22.6 Å². The lowest BCUT2D eigenvalue weighted by atomic mass is 10.2. The highest BCUT2D eigenvalue weighted by molar-refractivity contribution is 6.34. The van der Waals surface area contributed by atoms with Crippen LogP contribution in [0.3, 0.4) is 0 Å². The van der Waals surface area contributed by atoms with E-state index >= 15 is 0 Å². The lowest BCUT2D eigenvalue weighted by molar-refractivity contribution is 0.603. The van der Waals surface area contributed by atoms with Crippen molar-refractivity contribution in [3.63, 3.8) is 0 Å². The molecule has 2 aromatic heterocycles. The van der Waals surface area contributed by atoms with Gasteiger partial charge in [-0.25, -0.2) is 15.0 Å². The summed E-state index contributed by atoms with van der Waals surface area (Å²) in [5.41, 5.74) is 1.59. The third kappa shape index (κ3) is 2.35. The van der Waals surface area contributed by atoms with Gasteiger partial charge in [0.15, 0.2) is 5.82 Å². The first kappa shape index (κ1) is 13.3. The monoisotopic (exact) mass is 284 g/mol. The van der Waals surface area contributed by atoms with Crippen LogP contribution in [0.15, 0.2) is 12.5 Å². The maximum atomic E-state index is 6.12. The van der Waals surface area contributed by atoms with Gasteiger partial charge in [0.05, 0.1) is 12.5 Å². The highest BCUT2D eigenvalue weighted by Crippen LogP contribution is 2.26. The lowest BCUT2D eigenvalue weighted by Gasteiger charge is -2.12. The van der Waals surface area contributed by atoms with Crippen LogP contribution in [-0.4, -0.2) is 19.5 Å². The van der Waals surface area contributed by atoms with Crippen molar-refractivity contribution in [2.75, 3.05) is 0 Å².